The quantitative estimate of drug-likeness (QED) is 0.294. The molecule has 0 saturated carbocycles. The molecule has 1 saturated heterocycles. The van der Waals surface area contributed by atoms with Gasteiger partial charge in [-0.25, -0.2) is 9.79 Å². The van der Waals surface area contributed by atoms with E-state index in [1.165, 1.54) is 23.9 Å². The van der Waals surface area contributed by atoms with Gasteiger partial charge in [-0.3, -0.25) is 19.8 Å². The zero-order chi connectivity index (χ0) is 21.7. The van der Waals surface area contributed by atoms with Gasteiger partial charge in [-0.05, 0) is 67.6 Å². The highest BCUT2D eigenvalue weighted by atomic mass is 32.2. The Kier molecular flexibility index (Phi) is 6.63. The normalized spacial score (nSPS) is 16.3. The molecule has 0 N–H and O–H groups in total. The summed E-state index contributed by atoms with van der Waals surface area (Å²) in [6.07, 6.45) is 1.68. The van der Waals surface area contributed by atoms with Gasteiger partial charge < -0.3 is 4.74 Å². The number of rotatable bonds is 6. The fraction of sp³-hybridized carbons (Fsp3) is 0.190. The molecule has 8 nitrogen and oxygen atoms in total. The lowest BCUT2D eigenvalue weighted by atomic mass is 10.2. The zero-order valence-electron chi connectivity index (χ0n) is 16.4. The molecule has 1 aliphatic rings. The van der Waals surface area contributed by atoms with E-state index in [0.717, 1.165) is 0 Å². The summed E-state index contributed by atoms with van der Waals surface area (Å²) in [4.78, 5) is 41.5. The minimum atomic E-state index is -0.472. The summed E-state index contributed by atoms with van der Waals surface area (Å²) in [6, 6.07) is 12.7. The monoisotopic (exact) mass is 425 g/mol. The van der Waals surface area contributed by atoms with E-state index >= 15 is 0 Å². The van der Waals surface area contributed by atoms with E-state index in [0.29, 0.717) is 33.4 Å². The number of nitro groups is 1. The number of likely N-dealkylation sites (N-methyl/N-ethyl adjacent to an activating group) is 1. The molecule has 0 aliphatic carbocycles. The predicted octanol–water partition coefficient (Wildman–Crippen LogP) is 4.40. The third-order valence-corrected chi connectivity index (χ3v) is 5.19. The van der Waals surface area contributed by atoms with Gasteiger partial charge in [0.15, 0.2) is 5.17 Å². The first-order chi connectivity index (χ1) is 14.4. The van der Waals surface area contributed by atoms with Gasteiger partial charge in [0.1, 0.15) is 0 Å². The van der Waals surface area contributed by atoms with Gasteiger partial charge in [0.25, 0.3) is 11.6 Å². The highest BCUT2D eigenvalue weighted by Gasteiger charge is 2.32. The van der Waals surface area contributed by atoms with E-state index in [4.69, 9.17) is 4.74 Å². The van der Waals surface area contributed by atoms with Gasteiger partial charge in [0.05, 0.1) is 27.7 Å². The van der Waals surface area contributed by atoms with Crippen molar-refractivity contribution in [3.63, 3.8) is 0 Å². The Morgan fingerprint density at radius 3 is 2.60 bits per heavy atom. The Bertz CT molecular complexity index is 1050. The van der Waals surface area contributed by atoms with Crippen molar-refractivity contribution in [2.24, 2.45) is 4.99 Å². The predicted molar refractivity (Wildman–Crippen MR) is 116 cm³/mol. The maximum atomic E-state index is 12.8. The standard InChI is InChI=1S/C21H19N3O5S/c1-3-23-19(25)18(12-14-8-10-17(11-9-14)24(27)28)30-21(23)22-16-7-5-6-15(13-16)20(26)29-4-2/h5-13H,3-4H2,1-2H3. The minimum absolute atomic E-state index is 0.0125. The molecule has 0 aromatic heterocycles. The topological polar surface area (TPSA) is 102 Å². The summed E-state index contributed by atoms with van der Waals surface area (Å²) in [6.45, 7) is 4.29. The Morgan fingerprint density at radius 2 is 1.97 bits per heavy atom. The highest BCUT2D eigenvalue weighted by molar-refractivity contribution is 8.18. The van der Waals surface area contributed by atoms with Crippen molar-refractivity contribution < 1.29 is 19.2 Å². The fourth-order valence-corrected chi connectivity index (χ4v) is 3.80. The second-order valence-corrected chi connectivity index (χ2v) is 7.18. The maximum Gasteiger partial charge on any atom is 0.338 e. The molecular weight excluding hydrogens is 406 g/mol. The Labute approximate surface area is 177 Å². The van der Waals surface area contributed by atoms with Crippen molar-refractivity contribution in [3.05, 3.63) is 74.7 Å². The fourth-order valence-electron chi connectivity index (χ4n) is 2.74. The smallest absolute Gasteiger partial charge is 0.338 e. The van der Waals surface area contributed by atoms with Gasteiger partial charge in [-0.1, -0.05) is 6.07 Å². The Hall–Kier alpha value is -3.46. The molecule has 9 heteroatoms. The molecule has 0 radical (unpaired) electrons. The van der Waals surface area contributed by atoms with E-state index in [2.05, 4.69) is 4.99 Å². The number of aliphatic imine (C=N–C) groups is 1. The first kappa shape index (κ1) is 21.3. The lowest BCUT2D eigenvalue weighted by Gasteiger charge is -2.12. The first-order valence-electron chi connectivity index (χ1n) is 9.24. The molecule has 1 amide bonds. The van der Waals surface area contributed by atoms with Crippen LogP contribution in [0.15, 0.2) is 58.4 Å². The molecule has 1 aliphatic heterocycles. The van der Waals surface area contributed by atoms with Gasteiger partial charge in [0.2, 0.25) is 0 Å². The number of hydrogen-bond donors (Lipinski definition) is 0. The summed E-state index contributed by atoms with van der Waals surface area (Å²) in [5.74, 6) is -0.623. The van der Waals surface area contributed by atoms with Gasteiger partial charge in [-0.15, -0.1) is 0 Å². The summed E-state index contributed by atoms with van der Waals surface area (Å²) in [7, 11) is 0. The number of nitrogens with zero attached hydrogens (tertiary/aromatic N) is 3. The molecule has 2 aromatic carbocycles. The second-order valence-electron chi connectivity index (χ2n) is 6.17. The van der Waals surface area contributed by atoms with Crippen molar-refractivity contribution in [2.45, 2.75) is 13.8 Å². The van der Waals surface area contributed by atoms with Crippen molar-refractivity contribution >= 4 is 46.3 Å². The largest absolute Gasteiger partial charge is 0.462 e. The molecule has 1 fully saturated rings. The van der Waals surface area contributed by atoms with Crippen LogP contribution < -0.4 is 0 Å². The molecule has 30 heavy (non-hydrogen) atoms. The van der Waals surface area contributed by atoms with Crippen LogP contribution in [-0.4, -0.2) is 40.0 Å². The molecule has 2 aromatic rings. The lowest BCUT2D eigenvalue weighted by Crippen LogP contribution is -2.28. The third-order valence-electron chi connectivity index (χ3n) is 4.19. The third kappa shape index (κ3) is 4.74. The average Bonchev–Trinajstić information content (AvgIpc) is 3.02. The maximum absolute atomic E-state index is 12.8. The molecule has 0 atom stereocenters. The van der Waals surface area contributed by atoms with Crippen LogP contribution in [0.5, 0.6) is 0 Å². The molecule has 1 heterocycles. The number of amidine groups is 1. The summed E-state index contributed by atoms with van der Waals surface area (Å²) in [5.41, 5.74) is 1.59. The number of ether oxygens (including phenoxy) is 1. The van der Waals surface area contributed by atoms with Crippen molar-refractivity contribution in [1.82, 2.24) is 4.90 Å². The molecular formula is C21H19N3O5S. The van der Waals surface area contributed by atoms with E-state index in [1.807, 2.05) is 6.92 Å². The van der Waals surface area contributed by atoms with Crippen molar-refractivity contribution in [2.75, 3.05) is 13.2 Å². The van der Waals surface area contributed by atoms with Crippen LogP contribution in [0.2, 0.25) is 0 Å². The summed E-state index contributed by atoms with van der Waals surface area (Å²) in [5, 5.41) is 11.3. The van der Waals surface area contributed by atoms with Crippen LogP contribution in [0.3, 0.4) is 0 Å². The SMILES string of the molecule is CCOC(=O)c1cccc(N=C2SC(=Cc3ccc([N+](=O)[O-])cc3)C(=O)N2CC)c1. The van der Waals surface area contributed by atoms with E-state index in [-0.39, 0.29) is 18.2 Å². The van der Waals surface area contributed by atoms with Gasteiger partial charge >= 0.3 is 5.97 Å². The minimum Gasteiger partial charge on any atom is -0.462 e. The number of benzene rings is 2. The van der Waals surface area contributed by atoms with E-state index in [1.54, 1.807) is 54.3 Å². The number of thioether (sulfide) groups is 1. The van der Waals surface area contributed by atoms with Crippen LogP contribution in [0.25, 0.3) is 6.08 Å². The summed E-state index contributed by atoms with van der Waals surface area (Å²) >= 11 is 1.21. The first-order valence-corrected chi connectivity index (χ1v) is 10.1. The molecule has 3 rings (SSSR count). The highest BCUT2D eigenvalue weighted by Crippen LogP contribution is 2.34. The number of amides is 1. The Balaban J connectivity index is 1.88. The molecule has 0 unspecified atom stereocenters. The number of esters is 1. The van der Waals surface area contributed by atoms with Crippen molar-refractivity contribution in [3.8, 4) is 0 Å². The van der Waals surface area contributed by atoms with E-state index in [9.17, 15) is 19.7 Å². The number of carbonyl (C=O) groups excluding carboxylic acids is 2. The number of non-ortho nitro benzene ring substituents is 1. The Morgan fingerprint density at radius 1 is 1.23 bits per heavy atom. The summed E-state index contributed by atoms with van der Waals surface area (Å²) < 4.78 is 5.01. The van der Waals surface area contributed by atoms with Crippen molar-refractivity contribution in [1.29, 1.82) is 0 Å². The van der Waals surface area contributed by atoms with Crippen LogP contribution in [0.4, 0.5) is 11.4 Å². The molecule has 0 spiro atoms. The number of hydrogen-bond acceptors (Lipinski definition) is 7. The van der Waals surface area contributed by atoms with Crippen LogP contribution in [0.1, 0.15) is 29.8 Å². The second kappa shape index (κ2) is 9.36. The van der Waals surface area contributed by atoms with E-state index < -0.39 is 10.9 Å². The van der Waals surface area contributed by atoms with Crippen LogP contribution >= 0.6 is 11.8 Å². The zero-order valence-corrected chi connectivity index (χ0v) is 17.2. The number of nitro benzene ring substituents is 1. The number of carbonyl (C=O) groups is 2. The molecule has 154 valence electrons. The average molecular weight is 425 g/mol. The van der Waals surface area contributed by atoms with Crippen LogP contribution in [0, 0.1) is 10.1 Å². The van der Waals surface area contributed by atoms with Crippen LogP contribution in [-0.2, 0) is 9.53 Å². The van der Waals surface area contributed by atoms with Gasteiger partial charge in [-0.2, -0.15) is 0 Å². The molecule has 0 bridgehead atoms. The lowest BCUT2D eigenvalue weighted by molar-refractivity contribution is -0.384. The van der Waals surface area contributed by atoms with Gasteiger partial charge in [0, 0.05) is 18.7 Å².